The largest absolute Gasteiger partial charge is 0.459 e. The monoisotopic (exact) mass is 368 g/mol. The summed E-state index contributed by atoms with van der Waals surface area (Å²) in [5.41, 5.74) is 2.53. The van der Waals surface area contributed by atoms with Crippen molar-refractivity contribution in [2.24, 2.45) is 5.92 Å². The van der Waals surface area contributed by atoms with Crippen molar-refractivity contribution in [3.63, 3.8) is 0 Å². The van der Waals surface area contributed by atoms with E-state index in [0.29, 0.717) is 18.1 Å². The topological polar surface area (TPSA) is 53.8 Å². The van der Waals surface area contributed by atoms with E-state index in [2.05, 4.69) is 24.3 Å². The first kappa shape index (κ1) is 19.2. The Balaban J connectivity index is 1.45. The second-order valence-corrected chi connectivity index (χ2v) is 7.52. The molecular weight excluding hydrogens is 340 g/mol. The van der Waals surface area contributed by atoms with Gasteiger partial charge in [-0.05, 0) is 54.9 Å². The number of nitrogens with zero attached hydrogens (tertiary/aromatic N) is 2. The van der Waals surface area contributed by atoms with Gasteiger partial charge >= 0.3 is 0 Å². The van der Waals surface area contributed by atoms with Crippen LogP contribution < -0.4 is 0 Å². The first-order valence-corrected chi connectivity index (χ1v) is 9.63. The van der Waals surface area contributed by atoms with Gasteiger partial charge in [0.25, 0.3) is 5.91 Å². The molecule has 1 fully saturated rings. The average molecular weight is 368 g/mol. The molecule has 0 aliphatic carbocycles. The Morgan fingerprint density at radius 2 is 1.74 bits per heavy atom. The zero-order valence-electron chi connectivity index (χ0n) is 16.2. The number of furan rings is 1. The number of rotatable bonds is 6. The van der Waals surface area contributed by atoms with Crippen molar-refractivity contribution in [1.82, 2.24) is 9.80 Å². The number of likely N-dealkylation sites (tertiary alicyclic amines) is 1. The normalized spacial score (nSPS) is 15.0. The minimum Gasteiger partial charge on any atom is -0.459 e. The van der Waals surface area contributed by atoms with E-state index in [1.807, 2.05) is 4.90 Å². The predicted molar refractivity (Wildman–Crippen MR) is 104 cm³/mol. The van der Waals surface area contributed by atoms with Crippen molar-refractivity contribution in [2.45, 2.75) is 32.1 Å². The molecule has 27 heavy (non-hydrogen) atoms. The van der Waals surface area contributed by atoms with E-state index in [-0.39, 0.29) is 11.8 Å². The number of hydrogen-bond acceptors (Lipinski definition) is 3. The molecule has 2 aromatic rings. The highest BCUT2D eigenvalue weighted by molar-refractivity contribution is 5.91. The van der Waals surface area contributed by atoms with E-state index in [1.54, 1.807) is 37.4 Å². The first-order chi connectivity index (χ1) is 13.0. The van der Waals surface area contributed by atoms with Gasteiger partial charge in [0.1, 0.15) is 0 Å². The highest BCUT2D eigenvalue weighted by Crippen LogP contribution is 2.23. The van der Waals surface area contributed by atoms with Crippen molar-refractivity contribution in [3.8, 4) is 0 Å². The average Bonchev–Trinajstić information content (AvgIpc) is 3.22. The van der Waals surface area contributed by atoms with Crippen molar-refractivity contribution in [3.05, 3.63) is 59.5 Å². The van der Waals surface area contributed by atoms with Crippen LogP contribution in [0.4, 0.5) is 0 Å². The summed E-state index contributed by atoms with van der Waals surface area (Å²) in [5, 5.41) is 0. The molecule has 1 aliphatic heterocycles. The number of hydrogen-bond donors (Lipinski definition) is 0. The maximum Gasteiger partial charge on any atom is 0.289 e. The Morgan fingerprint density at radius 1 is 1.07 bits per heavy atom. The second-order valence-electron chi connectivity index (χ2n) is 7.52. The first-order valence-electron chi connectivity index (χ1n) is 9.63. The Kier molecular flexibility index (Phi) is 6.32. The van der Waals surface area contributed by atoms with Crippen LogP contribution in [0.2, 0.25) is 0 Å². The fraction of sp³-hybridized carbons (Fsp3) is 0.455. The van der Waals surface area contributed by atoms with Gasteiger partial charge in [-0.25, -0.2) is 0 Å². The number of piperidine rings is 1. The summed E-state index contributed by atoms with van der Waals surface area (Å²) in [5.74, 6) is 1.19. The van der Waals surface area contributed by atoms with E-state index in [1.165, 1.54) is 11.1 Å². The van der Waals surface area contributed by atoms with Crippen molar-refractivity contribution in [2.75, 3.05) is 27.2 Å². The molecule has 3 rings (SSSR count). The quantitative estimate of drug-likeness (QED) is 0.785. The zero-order chi connectivity index (χ0) is 19.2. The smallest absolute Gasteiger partial charge is 0.289 e. The molecule has 0 unspecified atom stereocenters. The van der Waals surface area contributed by atoms with E-state index < -0.39 is 0 Å². The van der Waals surface area contributed by atoms with Crippen LogP contribution in [0, 0.1) is 5.92 Å². The Labute approximate surface area is 160 Å². The summed E-state index contributed by atoms with van der Waals surface area (Å²) >= 11 is 0. The minimum atomic E-state index is -0.00456. The number of aryl methyl sites for hydroxylation is 1. The molecule has 0 N–H and O–H groups in total. The summed E-state index contributed by atoms with van der Waals surface area (Å²) in [6.45, 7) is 1.57. The standard InChI is InChI=1S/C22H28N2O3/c1-23(2)21(25)10-9-17-5-7-18(8-6-17)16-19-11-13-24(14-12-19)22(26)20-4-3-15-27-20/h3-8,15,19H,9-14,16H2,1-2H3. The molecule has 0 spiro atoms. The molecule has 1 saturated heterocycles. The molecule has 0 bridgehead atoms. The van der Waals surface area contributed by atoms with Crippen LogP contribution in [0.15, 0.2) is 47.1 Å². The van der Waals surface area contributed by atoms with Gasteiger partial charge in [-0.15, -0.1) is 0 Å². The van der Waals surface area contributed by atoms with Crippen LogP contribution in [0.3, 0.4) is 0 Å². The molecule has 5 heteroatoms. The van der Waals surface area contributed by atoms with Gasteiger partial charge in [-0.2, -0.15) is 0 Å². The summed E-state index contributed by atoms with van der Waals surface area (Å²) in [6.07, 6.45) is 5.95. The lowest BCUT2D eigenvalue weighted by Gasteiger charge is -2.31. The highest BCUT2D eigenvalue weighted by atomic mass is 16.3. The van der Waals surface area contributed by atoms with E-state index in [4.69, 9.17) is 4.42 Å². The maximum atomic E-state index is 12.3. The highest BCUT2D eigenvalue weighted by Gasteiger charge is 2.25. The van der Waals surface area contributed by atoms with Gasteiger partial charge in [0.05, 0.1) is 6.26 Å². The van der Waals surface area contributed by atoms with Crippen LogP contribution in [-0.4, -0.2) is 48.8 Å². The fourth-order valence-corrected chi connectivity index (χ4v) is 3.55. The molecular formula is C22H28N2O3. The summed E-state index contributed by atoms with van der Waals surface area (Å²) < 4.78 is 5.21. The van der Waals surface area contributed by atoms with Gasteiger partial charge in [0, 0.05) is 33.6 Å². The summed E-state index contributed by atoms with van der Waals surface area (Å²) in [6, 6.07) is 12.1. The second kappa shape index (κ2) is 8.89. The van der Waals surface area contributed by atoms with Crippen molar-refractivity contribution >= 4 is 11.8 Å². The Hall–Kier alpha value is -2.56. The third-order valence-corrected chi connectivity index (χ3v) is 5.31. The zero-order valence-corrected chi connectivity index (χ0v) is 16.2. The van der Waals surface area contributed by atoms with Crippen LogP contribution in [-0.2, 0) is 17.6 Å². The van der Waals surface area contributed by atoms with E-state index in [9.17, 15) is 9.59 Å². The Bertz CT molecular complexity index is 742. The van der Waals surface area contributed by atoms with Crippen molar-refractivity contribution < 1.29 is 14.0 Å². The molecule has 0 saturated carbocycles. The molecule has 2 amide bonds. The van der Waals surface area contributed by atoms with Gasteiger partial charge in [0.15, 0.2) is 5.76 Å². The molecule has 0 atom stereocenters. The third kappa shape index (κ3) is 5.22. The molecule has 1 aliphatic rings. The lowest BCUT2D eigenvalue weighted by atomic mass is 9.89. The SMILES string of the molecule is CN(C)C(=O)CCc1ccc(CC2CCN(C(=O)c3ccco3)CC2)cc1. The van der Waals surface area contributed by atoms with E-state index in [0.717, 1.165) is 38.8 Å². The molecule has 5 nitrogen and oxygen atoms in total. The number of carbonyl (C=O) groups is 2. The summed E-state index contributed by atoms with van der Waals surface area (Å²) in [7, 11) is 3.58. The summed E-state index contributed by atoms with van der Waals surface area (Å²) in [4.78, 5) is 27.5. The van der Waals surface area contributed by atoms with Crippen LogP contribution in [0.1, 0.15) is 40.9 Å². The predicted octanol–water partition coefficient (Wildman–Crippen LogP) is 3.40. The van der Waals surface area contributed by atoms with Gasteiger partial charge in [0.2, 0.25) is 5.91 Å². The maximum absolute atomic E-state index is 12.3. The third-order valence-electron chi connectivity index (χ3n) is 5.31. The lowest BCUT2D eigenvalue weighted by molar-refractivity contribution is -0.128. The molecule has 1 aromatic carbocycles. The van der Waals surface area contributed by atoms with Crippen LogP contribution >= 0.6 is 0 Å². The van der Waals surface area contributed by atoms with Crippen LogP contribution in [0.5, 0.6) is 0 Å². The van der Waals surface area contributed by atoms with Gasteiger partial charge in [-0.3, -0.25) is 9.59 Å². The van der Waals surface area contributed by atoms with E-state index >= 15 is 0 Å². The Morgan fingerprint density at radius 3 is 2.33 bits per heavy atom. The van der Waals surface area contributed by atoms with Gasteiger partial charge < -0.3 is 14.2 Å². The van der Waals surface area contributed by atoms with Gasteiger partial charge in [-0.1, -0.05) is 24.3 Å². The molecule has 2 heterocycles. The molecule has 144 valence electrons. The number of amides is 2. The number of benzene rings is 1. The van der Waals surface area contributed by atoms with Crippen molar-refractivity contribution in [1.29, 1.82) is 0 Å². The van der Waals surface area contributed by atoms with Crippen LogP contribution in [0.25, 0.3) is 0 Å². The minimum absolute atomic E-state index is 0.00456. The number of carbonyl (C=O) groups excluding carboxylic acids is 2. The lowest BCUT2D eigenvalue weighted by Crippen LogP contribution is -2.38. The molecule has 0 radical (unpaired) electrons. The fourth-order valence-electron chi connectivity index (χ4n) is 3.55. The molecule has 1 aromatic heterocycles.